The second kappa shape index (κ2) is 6.00. The third-order valence-electron chi connectivity index (χ3n) is 0.368. The van der Waals surface area contributed by atoms with Gasteiger partial charge in [-0.05, 0) is 0 Å². The Balaban J connectivity index is 0. The minimum absolute atomic E-state index is 0. The van der Waals surface area contributed by atoms with Crippen LogP contribution in [0.25, 0.3) is 0 Å². The molecule has 0 aliphatic carbocycles. The van der Waals surface area contributed by atoms with E-state index in [-0.39, 0.29) is 35.6 Å². The molecule has 0 heterocycles. The second-order valence-electron chi connectivity index (χ2n) is 1.01. The van der Waals surface area contributed by atoms with Crippen molar-refractivity contribution in [3.05, 3.63) is 12.2 Å². The van der Waals surface area contributed by atoms with Gasteiger partial charge in [-0.2, -0.15) is 0 Å². The average molecular weight is 255 g/mol. The van der Waals surface area contributed by atoms with Gasteiger partial charge in [0.15, 0.2) is 0 Å². The average Bonchev–Trinajstić information content (AvgIpc) is 1.61. The molecule has 1 radical (unpaired) electrons. The molecule has 0 unspecified atom stereocenters. The zero-order chi connectivity index (χ0) is 6.57. The van der Waals surface area contributed by atoms with E-state index in [1.165, 1.54) is 0 Å². The minimum Gasteiger partial charge on any atom is -0.478 e. The fraction of sp³-hybridized carbons (Fsp3) is 0. The molecule has 0 aromatic rings. The summed E-state index contributed by atoms with van der Waals surface area (Å²) in [5, 5.41) is 15.6. The predicted octanol–water partition coefficient (Wildman–Crippen LogP) is -0.288. The molecule has 0 rings (SSSR count). The van der Waals surface area contributed by atoms with Crippen molar-refractivity contribution in [2.75, 3.05) is 0 Å². The van der Waals surface area contributed by atoms with E-state index in [2.05, 4.69) is 0 Å². The van der Waals surface area contributed by atoms with Crippen LogP contribution in [0.4, 0.5) is 0 Å². The zero-order valence-corrected chi connectivity index (χ0v) is 8.07. The molecular formula is C4H4LaO4. The van der Waals surface area contributed by atoms with E-state index in [1.54, 1.807) is 0 Å². The van der Waals surface area contributed by atoms with Crippen LogP contribution in [-0.4, -0.2) is 22.2 Å². The minimum atomic E-state index is -1.26. The maximum atomic E-state index is 9.55. The van der Waals surface area contributed by atoms with Gasteiger partial charge in [0.05, 0.1) is 0 Å². The number of rotatable bonds is 2. The van der Waals surface area contributed by atoms with Crippen molar-refractivity contribution in [1.29, 1.82) is 0 Å². The summed E-state index contributed by atoms with van der Waals surface area (Å²) >= 11 is 0. The third kappa shape index (κ3) is 11.4. The van der Waals surface area contributed by atoms with Crippen molar-refractivity contribution >= 4 is 11.9 Å². The first-order valence-electron chi connectivity index (χ1n) is 1.77. The summed E-state index contributed by atoms with van der Waals surface area (Å²) in [7, 11) is 0. The van der Waals surface area contributed by atoms with Crippen molar-refractivity contribution < 1.29 is 55.4 Å². The van der Waals surface area contributed by atoms with E-state index in [0.29, 0.717) is 12.2 Å². The van der Waals surface area contributed by atoms with Gasteiger partial charge in [0.1, 0.15) is 0 Å². The largest absolute Gasteiger partial charge is 0.478 e. The smallest absolute Gasteiger partial charge is 0.328 e. The number of hydrogen-bond acceptors (Lipinski definition) is 2. The van der Waals surface area contributed by atoms with Crippen LogP contribution in [0.5, 0.6) is 0 Å². The number of carboxylic acid groups (broad SMARTS) is 2. The molecule has 0 aromatic carbocycles. The van der Waals surface area contributed by atoms with Gasteiger partial charge in [-0.1, -0.05) is 0 Å². The Morgan fingerprint density at radius 2 is 1.22 bits per heavy atom. The molecule has 47 valence electrons. The van der Waals surface area contributed by atoms with Gasteiger partial charge in [0, 0.05) is 47.8 Å². The first-order chi connectivity index (χ1) is 3.63. The molecule has 0 atom stereocenters. The second-order valence-corrected chi connectivity index (χ2v) is 1.01. The van der Waals surface area contributed by atoms with Crippen molar-refractivity contribution in [1.82, 2.24) is 0 Å². The van der Waals surface area contributed by atoms with E-state index in [1.807, 2.05) is 0 Å². The summed E-state index contributed by atoms with van der Waals surface area (Å²) in [5.41, 5.74) is 0. The van der Waals surface area contributed by atoms with Crippen molar-refractivity contribution in [2.24, 2.45) is 0 Å². The van der Waals surface area contributed by atoms with Crippen LogP contribution in [-0.2, 0) is 9.59 Å². The summed E-state index contributed by atoms with van der Waals surface area (Å²) in [5.74, 6) is -2.51. The van der Waals surface area contributed by atoms with E-state index in [4.69, 9.17) is 10.2 Å². The number of carboxylic acids is 2. The van der Waals surface area contributed by atoms with Gasteiger partial charge < -0.3 is 10.2 Å². The molecule has 0 aliphatic heterocycles. The molecule has 5 heteroatoms. The molecular weight excluding hydrogens is 251 g/mol. The number of hydrogen-bond donors (Lipinski definition) is 2. The van der Waals surface area contributed by atoms with Gasteiger partial charge in [0.25, 0.3) is 0 Å². The summed E-state index contributed by atoms with van der Waals surface area (Å²) in [6.45, 7) is 0. The van der Waals surface area contributed by atoms with Gasteiger partial charge >= 0.3 is 11.9 Å². The van der Waals surface area contributed by atoms with Crippen molar-refractivity contribution in [2.45, 2.75) is 0 Å². The number of aliphatic carboxylic acids is 2. The van der Waals surface area contributed by atoms with Gasteiger partial charge in [0.2, 0.25) is 0 Å². The molecule has 9 heavy (non-hydrogen) atoms. The zero-order valence-electron chi connectivity index (χ0n) is 4.44. The van der Waals surface area contributed by atoms with Crippen LogP contribution < -0.4 is 0 Å². The summed E-state index contributed by atoms with van der Waals surface area (Å²) in [4.78, 5) is 19.1. The monoisotopic (exact) mass is 255 g/mol. The van der Waals surface area contributed by atoms with Crippen LogP contribution in [0.3, 0.4) is 0 Å². The summed E-state index contributed by atoms with van der Waals surface area (Å²) < 4.78 is 0. The van der Waals surface area contributed by atoms with Gasteiger partial charge in [-0.15, -0.1) is 0 Å². The van der Waals surface area contributed by atoms with E-state index in [9.17, 15) is 9.59 Å². The Bertz CT molecular complexity index is 124. The SMILES string of the molecule is O=C(O)/C=C/C(=O)O.[La]. The first kappa shape index (κ1) is 11.6. The first-order valence-corrected chi connectivity index (χ1v) is 1.77. The topological polar surface area (TPSA) is 74.6 Å². The molecule has 0 aromatic heterocycles. The van der Waals surface area contributed by atoms with E-state index < -0.39 is 11.9 Å². The van der Waals surface area contributed by atoms with Crippen LogP contribution in [0.15, 0.2) is 12.2 Å². The van der Waals surface area contributed by atoms with E-state index >= 15 is 0 Å². The molecule has 0 saturated heterocycles. The van der Waals surface area contributed by atoms with Crippen LogP contribution >= 0.6 is 0 Å². The molecule has 0 spiro atoms. The molecule has 0 saturated carbocycles. The normalized spacial score (nSPS) is 8.44. The molecule has 0 amide bonds. The predicted molar refractivity (Wildman–Crippen MR) is 24.4 cm³/mol. The maximum Gasteiger partial charge on any atom is 0.328 e. The van der Waals surface area contributed by atoms with Crippen LogP contribution in [0, 0.1) is 35.6 Å². The fourth-order valence-electron chi connectivity index (χ4n) is 0.143. The summed E-state index contributed by atoms with van der Waals surface area (Å²) in [6, 6.07) is 0. The Kier molecular flexibility index (Phi) is 7.77. The Labute approximate surface area is 79.2 Å². The van der Waals surface area contributed by atoms with Crippen LogP contribution in [0.2, 0.25) is 0 Å². The fourth-order valence-corrected chi connectivity index (χ4v) is 0.143. The Hall–Kier alpha value is -0.125. The Morgan fingerprint density at radius 1 is 1.00 bits per heavy atom. The van der Waals surface area contributed by atoms with E-state index in [0.717, 1.165) is 0 Å². The van der Waals surface area contributed by atoms with Gasteiger partial charge in [-0.3, -0.25) is 0 Å². The quantitative estimate of drug-likeness (QED) is 0.665. The third-order valence-corrected chi connectivity index (χ3v) is 0.368. The Morgan fingerprint density at radius 3 is 1.33 bits per heavy atom. The van der Waals surface area contributed by atoms with Gasteiger partial charge in [-0.25, -0.2) is 9.59 Å². The van der Waals surface area contributed by atoms with Crippen molar-refractivity contribution in [3.8, 4) is 0 Å². The van der Waals surface area contributed by atoms with Crippen molar-refractivity contribution in [3.63, 3.8) is 0 Å². The molecule has 0 aliphatic rings. The maximum absolute atomic E-state index is 9.55. The summed E-state index contributed by atoms with van der Waals surface area (Å²) in [6.07, 6.45) is 1.12. The molecule has 4 nitrogen and oxygen atoms in total. The van der Waals surface area contributed by atoms with Crippen LogP contribution in [0.1, 0.15) is 0 Å². The number of carbonyl (C=O) groups is 2. The standard InChI is InChI=1S/C4H4O4.La/c5-3(6)1-2-4(7)8;/h1-2H,(H,5,6)(H,7,8);/b2-1+;. The molecule has 0 bridgehead atoms. The molecule has 0 fully saturated rings. The molecule has 2 N–H and O–H groups in total.